The number of aromatic nitrogens is 1. The molecule has 6 nitrogen and oxygen atoms in total. The number of thiazole rings is 1. The molecule has 1 atom stereocenters. The lowest BCUT2D eigenvalue weighted by Crippen LogP contribution is -2.40. The fourth-order valence-electron chi connectivity index (χ4n) is 1.45. The summed E-state index contributed by atoms with van der Waals surface area (Å²) < 4.78 is 0. The normalized spacial score (nSPS) is 12.6. The van der Waals surface area contributed by atoms with Gasteiger partial charge in [0, 0.05) is 44.7 Å². The monoisotopic (exact) mass is 309 g/mol. The van der Waals surface area contributed by atoms with E-state index in [4.69, 9.17) is 0 Å². The summed E-state index contributed by atoms with van der Waals surface area (Å²) in [6.07, 6.45) is 3.55. The molecule has 7 heteroatoms. The number of nitrogens with zero attached hydrogens (tertiary/aromatic N) is 3. The maximum Gasteiger partial charge on any atom is 0.243 e. The van der Waals surface area contributed by atoms with Crippen LogP contribution < -0.4 is 10.6 Å². The van der Waals surface area contributed by atoms with E-state index in [1.807, 2.05) is 5.38 Å². The van der Waals surface area contributed by atoms with Crippen molar-refractivity contribution >= 4 is 23.2 Å². The molecule has 0 bridgehead atoms. The van der Waals surface area contributed by atoms with Gasteiger partial charge in [0.2, 0.25) is 5.91 Å². The molecule has 21 heavy (non-hydrogen) atoms. The minimum atomic E-state index is -0.0392. The Hall–Kier alpha value is -1.89. The molecule has 1 amide bonds. The second-order valence-electron chi connectivity index (χ2n) is 4.77. The number of rotatable bonds is 7. The van der Waals surface area contributed by atoms with Crippen molar-refractivity contribution in [3.05, 3.63) is 29.2 Å². The Balaban J connectivity index is 2.54. The van der Waals surface area contributed by atoms with Crippen molar-refractivity contribution in [2.45, 2.75) is 12.8 Å². The zero-order valence-corrected chi connectivity index (χ0v) is 13.6. The van der Waals surface area contributed by atoms with Gasteiger partial charge in [-0.3, -0.25) is 4.79 Å². The highest BCUT2D eigenvalue weighted by Crippen LogP contribution is 2.16. The summed E-state index contributed by atoms with van der Waals surface area (Å²) in [4.78, 5) is 21.7. The highest BCUT2D eigenvalue weighted by atomic mass is 32.1. The van der Waals surface area contributed by atoms with Crippen molar-refractivity contribution in [2.75, 3.05) is 33.7 Å². The number of hydrogen-bond donors (Lipinski definition) is 2. The standard InChI is InChI=1S/C14H23N5OS/c1-5-6-16-14(18-10-12(20)19(3)4)17-9-11(2)13-15-7-8-21-13/h5,7-8,11H,1,6,9-10H2,2-4H3,(H2,16,17,18). The number of hydrogen-bond acceptors (Lipinski definition) is 4. The number of aliphatic imine (C=N–C) groups is 1. The van der Waals surface area contributed by atoms with E-state index in [9.17, 15) is 4.79 Å². The molecule has 0 saturated carbocycles. The number of carbonyl (C=O) groups is 1. The van der Waals surface area contributed by atoms with E-state index in [1.54, 1.807) is 37.7 Å². The molecule has 116 valence electrons. The molecule has 1 heterocycles. The number of amides is 1. The van der Waals surface area contributed by atoms with Gasteiger partial charge >= 0.3 is 0 Å². The van der Waals surface area contributed by atoms with Gasteiger partial charge in [0.1, 0.15) is 6.54 Å². The summed E-state index contributed by atoms with van der Waals surface area (Å²) in [6.45, 7) is 7.17. The number of carbonyl (C=O) groups excluding carboxylic acids is 1. The minimum Gasteiger partial charge on any atom is -0.356 e. The van der Waals surface area contributed by atoms with Gasteiger partial charge < -0.3 is 15.5 Å². The Kier molecular flexibility index (Phi) is 7.45. The molecular weight excluding hydrogens is 286 g/mol. The molecule has 1 rings (SSSR count). The van der Waals surface area contributed by atoms with E-state index in [1.165, 1.54) is 4.90 Å². The van der Waals surface area contributed by atoms with Gasteiger partial charge in [-0.25, -0.2) is 9.98 Å². The first-order chi connectivity index (χ1) is 10.0. The summed E-state index contributed by atoms with van der Waals surface area (Å²) >= 11 is 1.63. The molecule has 0 aliphatic heterocycles. The molecule has 0 saturated heterocycles. The zero-order valence-electron chi connectivity index (χ0n) is 12.8. The summed E-state index contributed by atoms with van der Waals surface area (Å²) in [7, 11) is 3.43. The third-order valence-corrected chi connectivity index (χ3v) is 3.74. The predicted octanol–water partition coefficient (Wildman–Crippen LogP) is 1.06. The average Bonchev–Trinajstić information content (AvgIpc) is 2.99. The third kappa shape index (κ3) is 6.40. The SMILES string of the molecule is C=CCNC(=NCC(=O)N(C)C)NCC(C)c1nccs1. The van der Waals surface area contributed by atoms with E-state index in [0.717, 1.165) is 5.01 Å². The third-order valence-electron chi connectivity index (χ3n) is 2.73. The summed E-state index contributed by atoms with van der Waals surface area (Å²) in [5, 5.41) is 9.36. The molecule has 0 radical (unpaired) electrons. The van der Waals surface area contributed by atoms with E-state index in [2.05, 4.69) is 34.1 Å². The second kappa shape index (κ2) is 9.12. The van der Waals surface area contributed by atoms with Gasteiger partial charge in [-0.2, -0.15) is 0 Å². The van der Waals surface area contributed by atoms with E-state index >= 15 is 0 Å². The molecule has 1 unspecified atom stereocenters. The van der Waals surface area contributed by atoms with Crippen molar-refractivity contribution in [3.8, 4) is 0 Å². The topological polar surface area (TPSA) is 69.6 Å². The lowest BCUT2D eigenvalue weighted by molar-refractivity contribution is -0.127. The quantitative estimate of drug-likeness (QED) is 0.449. The number of likely N-dealkylation sites (N-methyl/N-ethyl adjacent to an activating group) is 1. The lowest BCUT2D eigenvalue weighted by Gasteiger charge is -2.15. The zero-order chi connectivity index (χ0) is 15.7. The molecule has 0 aliphatic rings. The molecule has 0 aromatic carbocycles. The predicted molar refractivity (Wildman–Crippen MR) is 87.7 cm³/mol. The Morgan fingerprint density at radius 3 is 2.90 bits per heavy atom. The van der Waals surface area contributed by atoms with Crippen LogP contribution in [0.3, 0.4) is 0 Å². The molecule has 1 aromatic rings. The van der Waals surface area contributed by atoms with Gasteiger partial charge in [0.15, 0.2) is 5.96 Å². The Labute approximate surface area is 130 Å². The fraction of sp³-hybridized carbons (Fsp3) is 0.500. The minimum absolute atomic E-state index is 0.0392. The largest absolute Gasteiger partial charge is 0.356 e. The van der Waals surface area contributed by atoms with Crippen LogP contribution in [-0.4, -0.2) is 55.5 Å². The molecule has 0 aliphatic carbocycles. The van der Waals surface area contributed by atoms with Crippen LogP contribution in [0, 0.1) is 0 Å². The van der Waals surface area contributed by atoms with E-state index < -0.39 is 0 Å². The first-order valence-corrected chi connectivity index (χ1v) is 7.65. The van der Waals surface area contributed by atoms with Gasteiger partial charge in [-0.1, -0.05) is 13.0 Å². The summed E-state index contributed by atoms with van der Waals surface area (Å²) in [5.41, 5.74) is 0. The molecule has 0 spiro atoms. The van der Waals surface area contributed by atoms with E-state index in [-0.39, 0.29) is 18.4 Å². The molecule has 2 N–H and O–H groups in total. The van der Waals surface area contributed by atoms with Crippen LogP contribution in [0.15, 0.2) is 29.2 Å². The van der Waals surface area contributed by atoms with Crippen LogP contribution in [0.25, 0.3) is 0 Å². The second-order valence-corrected chi connectivity index (χ2v) is 5.70. The maximum atomic E-state index is 11.6. The summed E-state index contributed by atoms with van der Waals surface area (Å²) in [6, 6.07) is 0. The van der Waals surface area contributed by atoms with Gasteiger partial charge in [-0.15, -0.1) is 17.9 Å². The van der Waals surface area contributed by atoms with Gasteiger partial charge in [0.25, 0.3) is 0 Å². The molecular formula is C14H23N5OS. The molecule has 1 aromatic heterocycles. The first-order valence-electron chi connectivity index (χ1n) is 6.77. The van der Waals surface area contributed by atoms with Crippen molar-refractivity contribution < 1.29 is 4.79 Å². The van der Waals surface area contributed by atoms with Crippen LogP contribution in [0.4, 0.5) is 0 Å². The highest BCUT2D eigenvalue weighted by molar-refractivity contribution is 7.09. The van der Waals surface area contributed by atoms with Crippen LogP contribution in [-0.2, 0) is 4.79 Å². The van der Waals surface area contributed by atoms with Crippen LogP contribution >= 0.6 is 11.3 Å². The highest BCUT2D eigenvalue weighted by Gasteiger charge is 2.09. The first kappa shape index (κ1) is 17.2. The number of nitrogens with one attached hydrogen (secondary N) is 2. The van der Waals surface area contributed by atoms with Crippen molar-refractivity contribution in [3.63, 3.8) is 0 Å². The average molecular weight is 309 g/mol. The molecule has 0 fully saturated rings. The number of guanidine groups is 1. The lowest BCUT2D eigenvalue weighted by atomic mass is 10.2. The van der Waals surface area contributed by atoms with Crippen LogP contribution in [0.2, 0.25) is 0 Å². The van der Waals surface area contributed by atoms with Gasteiger partial charge in [0.05, 0.1) is 5.01 Å². The Bertz CT molecular complexity index is 470. The fourth-order valence-corrected chi connectivity index (χ4v) is 2.14. The maximum absolute atomic E-state index is 11.6. The van der Waals surface area contributed by atoms with E-state index in [0.29, 0.717) is 19.0 Å². The van der Waals surface area contributed by atoms with Crippen LogP contribution in [0.5, 0.6) is 0 Å². The Morgan fingerprint density at radius 1 is 1.57 bits per heavy atom. The smallest absolute Gasteiger partial charge is 0.243 e. The van der Waals surface area contributed by atoms with Crippen molar-refractivity contribution in [2.24, 2.45) is 4.99 Å². The van der Waals surface area contributed by atoms with Crippen molar-refractivity contribution in [1.29, 1.82) is 0 Å². The van der Waals surface area contributed by atoms with Crippen molar-refractivity contribution in [1.82, 2.24) is 20.5 Å². The Morgan fingerprint density at radius 2 is 2.33 bits per heavy atom. The summed E-state index contributed by atoms with van der Waals surface area (Å²) in [5.74, 6) is 0.849. The van der Waals surface area contributed by atoms with Gasteiger partial charge in [-0.05, 0) is 0 Å². The van der Waals surface area contributed by atoms with Crippen LogP contribution in [0.1, 0.15) is 17.8 Å².